The van der Waals surface area contributed by atoms with Gasteiger partial charge >= 0.3 is 0 Å². The minimum atomic E-state index is -0.120. The standard InChI is InChI=1S/C13H13Cl2NOS/c1-8(16)11-6-9(14)2-4-12(11)17-7-10-3-5-13(15)18-10/h2-6,8H,7,16H2,1H3/t8-/m0/s1. The van der Waals surface area contributed by atoms with Crippen LogP contribution in [-0.2, 0) is 6.61 Å². The van der Waals surface area contributed by atoms with Gasteiger partial charge in [-0.05, 0) is 37.3 Å². The highest BCUT2D eigenvalue weighted by molar-refractivity contribution is 7.16. The van der Waals surface area contributed by atoms with Gasteiger partial charge in [0.05, 0.1) is 4.34 Å². The van der Waals surface area contributed by atoms with Crippen LogP contribution in [0.3, 0.4) is 0 Å². The van der Waals surface area contributed by atoms with E-state index in [9.17, 15) is 0 Å². The van der Waals surface area contributed by atoms with Crippen LogP contribution in [0, 0.1) is 0 Å². The molecule has 0 aliphatic rings. The van der Waals surface area contributed by atoms with Gasteiger partial charge in [0, 0.05) is 21.5 Å². The largest absolute Gasteiger partial charge is 0.488 e. The maximum atomic E-state index is 5.95. The fourth-order valence-corrected chi connectivity index (χ4v) is 2.77. The molecule has 2 aromatic rings. The van der Waals surface area contributed by atoms with E-state index in [4.69, 9.17) is 33.7 Å². The van der Waals surface area contributed by atoms with Gasteiger partial charge in [-0.15, -0.1) is 11.3 Å². The Morgan fingerprint density at radius 1 is 1.28 bits per heavy atom. The van der Waals surface area contributed by atoms with Crippen LogP contribution in [-0.4, -0.2) is 0 Å². The Balaban J connectivity index is 2.13. The molecule has 1 aromatic heterocycles. The zero-order valence-electron chi connectivity index (χ0n) is 9.82. The predicted octanol–water partition coefficient (Wildman–Crippen LogP) is 4.65. The summed E-state index contributed by atoms with van der Waals surface area (Å²) < 4.78 is 6.53. The Kier molecular flexibility index (Phi) is 4.51. The summed E-state index contributed by atoms with van der Waals surface area (Å²) in [6, 6.07) is 9.17. The molecule has 0 radical (unpaired) electrons. The molecule has 1 heterocycles. The third-order valence-electron chi connectivity index (χ3n) is 2.46. The predicted molar refractivity (Wildman–Crippen MR) is 77.7 cm³/mol. The molecule has 1 aromatic carbocycles. The Bertz CT molecular complexity index is 540. The summed E-state index contributed by atoms with van der Waals surface area (Å²) in [5, 5.41) is 0.661. The lowest BCUT2D eigenvalue weighted by molar-refractivity contribution is 0.305. The molecular formula is C13H13Cl2NOS. The molecule has 0 aliphatic carbocycles. The van der Waals surface area contributed by atoms with Crippen LogP contribution in [0.4, 0.5) is 0 Å². The molecule has 2 N–H and O–H groups in total. The van der Waals surface area contributed by atoms with Gasteiger partial charge in [0.2, 0.25) is 0 Å². The molecule has 0 amide bonds. The quantitative estimate of drug-likeness (QED) is 0.892. The van der Waals surface area contributed by atoms with Gasteiger partial charge in [-0.3, -0.25) is 0 Å². The number of ether oxygens (including phenoxy) is 1. The van der Waals surface area contributed by atoms with Crippen molar-refractivity contribution < 1.29 is 4.74 Å². The number of rotatable bonds is 4. The minimum absolute atomic E-state index is 0.120. The van der Waals surface area contributed by atoms with Gasteiger partial charge in [0.25, 0.3) is 0 Å². The summed E-state index contributed by atoms with van der Waals surface area (Å²) in [5.74, 6) is 0.763. The van der Waals surface area contributed by atoms with Crippen LogP contribution in [0.5, 0.6) is 5.75 Å². The van der Waals surface area contributed by atoms with Crippen LogP contribution in [0.1, 0.15) is 23.4 Å². The van der Waals surface area contributed by atoms with Crippen molar-refractivity contribution in [2.24, 2.45) is 5.73 Å². The molecular weight excluding hydrogens is 289 g/mol. The van der Waals surface area contributed by atoms with Crippen molar-refractivity contribution in [1.82, 2.24) is 0 Å². The van der Waals surface area contributed by atoms with Crippen LogP contribution >= 0.6 is 34.5 Å². The molecule has 96 valence electrons. The first kappa shape index (κ1) is 13.7. The van der Waals surface area contributed by atoms with E-state index in [0.29, 0.717) is 11.6 Å². The van der Waals surface area contributed by atoms with E-state index in [1.165, 1.54) is 11.3 Å². The summed E-state index contributed by atoms with van der Waals surface area (Å²) in [5.41, 5.74) is 6.81. The molecule has 0 fully saturated rings. The molecule has 1 atom stereocenters. The molecule has 0 bridgehead atoms. The summed E-state index contributed by atoms with van der Waals surface area (Å²) in [6.45, 7) is 2.39. The van der Waals surface area contributed by atoms with E-state index in [0.717, 1.165) is 20.5 Å². The summed E-state index contributed by atoms with van der Waals surface area (Å²) >= 11 is 13.3. The first-order chi connectivity index (χ1) is 8.56. The van der Waals surface area contributed by atoms with Gasteiger partial charge in [0.15, 0.2) is 0 Å². The monoisotopic (exact) mass is 301 g/mol. The van der Waals surface area contributed by atoms with Crippen molar-refractivity contribution in [3.63, 3.8) is 0 Å². The average molecular weight is 302 g/mol. The number of hydrogen-bond donors (Lipinski definition) is 1. The van der Waals surface area contributed by atoms with E-state index in [-0.39, 0.29) is 6.04 Å². The lowest BCUT2D eigenvalue weighted by atomic mass is 10.1. The van der Waals surface area contributed by atoms with Gasteiger partial charge in [-0.25, -0.2) is 0 Å². The first-order valence-electron chi connectivity index (χ1n) is 5.48. The maximum absolute atomic E-state index is 5.95. The van der Waals surface area contributed by atoms with E-state index in [2.05, 4.69) is 0 Å². The third-order valence-corrected chi connectivity index (χ3v) is 3.90. The zero-order valence-corrected chi connectivity index (χ0v) is 12.1. The molecule has 0 spiro atoms. The number of hydrogen-bond acceptors (Lipinski definition) is 3. The van der Waals surface area contributed by atoms with E-state index in [1.54, 1.807) is 6.07 Å². The highest BCUT2D eigenvalue weighted by Gasteiger charge is 2.09. The number of halogens is 2. The highest BCUT2D eigenvalue weighted by Crippen LogP contribution is 2.29. The molecule has 0 saturated heterocycles. The Morgan fingerprint density at radius 2 is 2.06 bits per heavy atom. The number of benzene rings is 1. The van der Waals surface area contributed by atoms with Gasteiger partial charge in [0.1, 0.15) is 12.4 Å². The minimum Gasteiger partial charge on any atom is -0.488 e. The van der Waals surface area contributed by atoms with E-state index < -0.39 is 0 Å². The van der Waals surface area contributed by atoms with Crippen LogP contribution in [0.25, 0.3) is 0 Å². The lowest BCUT2D eigenvalue weighted by Gasteiger charge is -2.13. The molecule has 18 heavy (non-hydrogen) atoms. The second-order valence-corrected chi connectivity index (χ2v) is 6.20. The van der Waals surface area contributed by atoms with Crippen molar-refractivity contribution in [3.8, 4) is 5.75 Å². The highest BCUT2D eigenvalue weighted by atomic mass is 35.5. The molecule has 0 aliphatic heterocycles. The topological polar surface area (TPSA) is 35.2 Å². The van der Waals surface area contributed by atoms with Crippen LogP contribution in [0.15, 0.2) is 30.3 Å². The maximum Gasteiger partial charge on any atom is 0.124 e. The molecule has 5 heteroatoms. The smallest absolute Gasteiger partial charge is 0.124 e. The Hall–Kier alpha value is -0.740. The number of nitrogens with two attached hydrogens (primary N) is 1. The Morgan fingerprint density at radius 3 is 2.67 bits per heavy atom. The molecule has 0 saturated carbocycles. The fourth-order valence-electron chi connectivity index (χ4n) is 1.58. The van der Waals surface area contributed by atoms with Crippen molar-refractivity contribution >= 4 is 34.5 Å². The van der Waals surface area contributed by atoms with E-state index >= 15 is 0 Å². The summed E-state index contributed by atoms with van der Waals surface area (Å²) in [6.07, 6.45) is 0. The van der Waals surface area contributed by atoms with Crippen molar-refractivity contribution in [3.05, 3.63) is 50.1 Å². The zero-order chi connectivity index (χ0) is 13.1. The Labute approximate surface area is 120 Å². The van der Waals surface area contributed by atoms with Gasteiger partial charge < -0.3 is 10.5 Å². The van der Waals surface area contributed by atoms with Crippen molar-refractivity contribution in [2.45, 2.75) is 19.6 Å². The molecule has 2 rings (SSSR count). The fraction of sp³-hybridized carbons (Fsp3) is 0.231. The molecule has 0 unspecified atom stereocenters. The lowest BCUT2D eigenvalue weighted by Crippen LogP contribution is -2.07. The average Bonchev–Trinajstić information content (AvgIpc) is 2.73. The second-order valence-electron chi connectivity index (χ2n) is 3.97. The van der Waals surface area contributed by atoms with Gasteiger partial charge in [-0.2, -0.15) is 0 Å². The van der Waals surface area contributed by atoms with Crippen LogP contribution in [0.2, 0.25) is 9.36 Å². The molecule has 2 nitrogen and oxygen atoms in total. The van der Waals surface area contributed by atoms with Crippen molar-refractivity contribution in [2.75, 3.05) is 0 Å². The van der Waals surface area contributed by atoms with E-state index in [1.807, 2.05) is 31.2 Å². The SMILES string of the molecule is C[C@H](N)c1cc(Cl)ccc1OCc1ccc(Cl)s1. The summed E-state index contributed by atoms with van der Waals surface area (Å²) in [7, 11) is 0. The summed E-state index contributed by atoms with van der Waals surface area (Å²) in [4.78, 5) is 1.07. The third kappa shape index (κ3) is 3.39. The number of thiophene rings is 1. The first-order valence-corrected chi connectivity index (χ1v) is 7.05. The van der Waals surface area contributed by atoms with Crippen LogP contribution < -0.4 is 10.5 Å². The van der Waals surface area contributed by atoms with Gasteiger partial charge in [-0.1, -0.05) is 23.2 Å². The van der Waals surface area contributed by atoms with Crippen molar-refractivity contribution in [1.29, 1.82) is 0 Å². The second kappa shape index (κ2) is 5.93. The normalized spacial score (nSPS) is 12.4.